The maximum absolute atomic E-state index is 14.5. The number of piperazine rings is 1. The second-order valence-corrected chi connectivity index (χ2v) is 18.0. The number of benzene rings is 3. The van der Waals surface area contributed by atoms with Crippen LogP contribution in [0.5, 0.6) is 5.75 Å². The van der Waals surface area contributed by atoms with Crippen molar-refractivity contribution in [2.75, 3.05) is 59.4 Å². The number of aliphatic hydroxyl groups excluding tert-OH is 2. The molecule has 0 spiro atoms. The van der Waals surface area contributed by atoms with Crippen LogP contribution in [0.15, 0.2) is 66.7 Å². The maximum atomic E-state index is 14.5. The van der Waals surface area contributed by atoms with E-state index in [0.29, 0.717) is 35.6 Å². The number of carbonyl (C=O) groups excluding carboxylic acids is 2. The fourth-order valence-corrected chi connectivity index (χ4v) is 10.5. The first kappa shape index (κ1) is 41.2. The van der Waals surface area contributed by atoms with Crippen molar-refractivity contribution in [3.8, 4) is 16.9 Å². The number of hydrogen-bond donors (Lipinski definition) is 3. The molecule has 3 aromatic rings. The summed E-state index contributed by atoms with van der Waals surface area (Å²) in [6.45, 7) is 10.7. The summed E-state index contributed by atoms with van der Waals surface area (Å²) in [5, 5.41) is 26.4. The second-order valence-electron chi connectivity index (χ2n) is 18.0. The molecule has 0 unspecified atom stereocenters. The van der Waals surface area contributed by atoms with Crippen molar-refractivity contribution in [3.63, 3.8) is 0 Å². The fraction of sp³-hybridized carbons (Fsp3) is 0.565. The summed E-state index contributed by atoms with van der Waals surface area (Å²) in [5.74, 6) is 1.22. The zero-order valence-electron chi connectivity index (χ0n) is 35.0. The quantitative estimate of drug-likeness (QED) is 0.231. The molecule has 9 atom stereocenters. The van der Waals surface area contributed by atoms with E-state index in [1.54, 1.807) is 19.1 Å². The predicted molar refractivity (Wildman–Crippen MR) is 223 cm³/mol. The monoisotopic (exact) mass is 781 g/mol. The van der Waals surface area contributed by atoms with Crippen LogP contribution >= 0.6 is 0 Å². The zero-order chi connectivity index (χ0) is 40.8. The van der Waals surface area contributed by atoms with Crippen LogP contribution in [0.25, 0.3) is 11.1 Å². The molecule has 3 saturated carbocycles. The average Bonchev–Trinajstić information content (AvgIpc) is 3.57. The molecule has 3 N–H and O–H groups in total. The van der Waals surface area contributed by atoms with Gasteiger partial charge in [-0.2, -0.15) is 5.06 Å². The lowest BCUT2D eigenvalue weighted by atomic mass is 9.45. The van der Waals surface area contributed by atoms with Crippen molar-refractivity contribution < 1.29 is 29.4 Å². The molecular formula is C46H63N5O6. The van der Waals surface area contributed by atoms with Crippen molar-refractivity contribution >= 4 is 17.5 Å². The van der Waals surface area contributed by atoms with Crippen molar-refractivity contribution in [2.45, 2.75) is 83.8 Å². The molecule has 2 amide bonds. The highest BCUT2D eigenvalue weighted by Crippen LogP contribution is 2.61. The standard InChI is InChI=1S/C46H63N5O6/c1-28-38-23-34(46(38,3)4)24-39(28)47-44(54)42-41(29(2)53)40(27-52)57-51(42)25-31-15-12-16-37(43(31)56-8)32-20-33(22-35(21-32)48(5)6)45(55)50-18-17-49(7)26-36(50)19-30-13-10-9-11-14-30/h9-16,20-22,28-29,34,36,38-42,52-53H,17-19,23-27H2,1-8H3,(H,47,54)/t28-,29-,34-,36-,38+,39-,40-,41+,42-/m0/s1. The van der Waals surface area contributed by atoms with E-state index in [0.717, 1.165) is 48.3 Å². The van der Waals surface area contributed by atoms with E-state index in [2.05, 4.69) is 56.2 Å². The van der Waals surface area contributed by atoms with Crippen molar-refractivity contribution in [1.82, 2.24) is 20.2 Å². The van der Waals surface area contributed by atoms with Gasteiger partial charge < -0.3 is 35.0 Å². The van der Waals surface area contributed by atoms with E-state index in [9.17, 15) is 19.8 Å². The normalized spacial score (nSPS) is 29.1. The average molecular weight is 782 g/mol. The van der Waals surface area contributed by atoms with Gasteiger partial charge in [0.15, 0.2) is 0 Å². The van der Waals surface area contributed by atoms with Gasteiger partial charge in [-0.25, -0.2) is 0 Å². The van der Waals surface area contributed by atoms with E-state index < -0.39 is 24.2 Å². The molecule has 5 fully saturated rings. The van der Waals surface area contributed by atoms with E-state index in [1.807, 2.05) is 72.4 Å². The summed E-state index contributed by atoms with van der Waals surface area (Å²) in [6, 6.07) is 21.5. The lowest BCUT2D eigenvalue weighted by Crippen LogP contribution is -2.62. The van der Waals surface area contributed by atoms with E-state index in [-0.39, 0.29) is 42.5 Å². The molecule has 308 valence electrons. The number of aliphatic hydroxyl groups is 2. The topological polar surface area (TPSA) is 118 Å². The first-order valence-electron chi connectivity index (χ1n) is 20.8. The highest BCUT2D eigenvalue weighted by molar-refractivity contribution is 5.97. The Bertz CT molecular complexity index is 1900. The second kappa shape index (κ2) is 16.7. The van der Waals surface area contributed by atoms with Crippen LogP contribution in [0, 0.1) is 29.1 Å². The SMILES string of the molecule is COc1c(CN2O[C@@H](CO)[C@@H]([C@H](C)O)[C@H]2C(=O)N[C@H]2C[C@@H]3C[C@H]([C@@H]2C)C3(C)C)cccc1-c1cc(C(=O)N2CCN(C)C[C@@H]2Cc2ccccc2)cc(N(C)C)c1. The number of rotatable bonds is 12. The third-order valence-corrected chi connectivity index (χ3v) is 13.9. The molecule has 11 nitrogen and oxygen atoms in total. The Hall–Kier alpha value is -4.00. The van der Waals surface area contributed by atoms with Gasteiger partial charge in [0.1, 0.15) is 17.9 Å². The lowest BCUT2D eigenvalue weighted by molar-refractivity contribution is -0.183. The maximum Gasteiger partial charge on any atom is 0.254 e. The van der Waals surface area contributed by atoms with Crippen molar-refractivity contribution in [3.05, 3.63) is 83.4 Å². The Morgan fingerprint density at radius 1 is 1.05 bits per heavy atom. The van der Waals surface area contributed by atoms with Crippen LogP contribution in [-0.4, -0.2) is 122 Å². The Kier molecular flexibility index (Phi) is 12.1. The fourth-order valence-electron chi connectivity index (χ4n) is 10.5. The summed E-state index contributed by atoms with van der Waals surface area (Å²) in [7, 11) is 7.68. The van der Waals surface area contributed by atoms with E-state index in [4.69, 9.17) is 9.57 Å². The molecular weight excluding hydrogens is 719 g/mol. The van der Waals surface area contributed by atoms with Gasteiger partial charge in [-0.15, -0.1) is 0 Å². The smallest absolute Gasteiger partial charge is 0.254 e. The molecule has 0 radical (unpaired) electrons. The molecule has 2 bridgehead atoms. The van der Waals surface area contributed by atoms with Crippen LogP contribution < -0.4 is 15.0 Å². The van der Waals surface area contributed by atoms with Gasteiger partial charge in [0.05, 0.1) is 26.4 Å². The number of anilines is 1. The number of hydroxylamine groups is 2. The Morgan fingerprint density at radius 2 is 1.81 bits per heavy atom. The third kappa shape index (κ3) is 8.06. The van der Waals surface area contributed by atoms with Crippen LogP contribution in [0.4, 0.5) is 5.69 Å². The van der Waals surface area contributed by atoms with Gasteiger partial charge in [0.2, 0.25) is 5.91 Å². The number of likely N-dealkylation sites (N-methyl/N-ethyl adjacent to an activating group) is 1. The molecule has 3 aliphatic carbocycles. The zero-order valence-corrected chi connectivity index (χ0v) is 35.0. The van der Waals surface area contributed by atoms with Gasteiger partial charge in [0, 0.05) is 74.1 Å². The Morgan fingerprint density at radius 3 is 2.46 bits per heavy atom. The third-order valence-electron chi connectivity index (χ3n) is 13.9. The molecule has 2 saturated heterocycles. The number of fused-ring (bicyclic) bond motifs is 2. The summed E-state index contributed by atoms with van der Waals surface area (Å²) in [6.07, 6.45) is 1.26. The number of nitrogens with zero attached hydrogens (tertiary/aromatic N) is 4. The van der Waals surface area contributed by atoms with E-state index >= 15 is 0 Å². The van der Waals surface area contributed by atoms with Gasteiger partial charge in [0.25, 0.3) is 5.91 Å². The number of nitrogens with one attached hydrogen (secondary N) is 1. The highest BCUT2D eigenvalue weighted by atomic mass is 16.7. The van der Waals surface area contributed by atoms with E-state index in [1.165, 1.54) is 12.0 Å². The molecule has 57 heavy (non-hydrogen) atoms. The molecule has 8 rings (SSSR count). The van der Waals surface area contributed by atoms with Crippen LogP contribution in [0.3, 0.4) is 0 Å². The number of para-hydroxylation sites is 1. The van der Waals surface area contributed by atoms with Crippen molar-refractivity contribution in [1.29, 1.82) is 0 Å². The number of carbonyl (C=O) groups is 2. The van der Waals surface area contributed by atoms with Gasteiger partial charge in [-0.3, -0.25) is 14.4 Å². The minimum absolute atomic E-state index is 0.00390. The Labute approximate surface area is 338 Å². The van der Waals surface area contributed by atoms with Gasteiger partial charge in [-0.05, 0) is 85.7 Å². The number of ether oxygens (including phenoxy) is 1. The first-order chi connectivity index (χ1) is 27.2. The molecule has 2 aliphatic heterocycles. The summed E-state index contributed by atoms with van der Waals surface area (Å²) >= 11 is 0. The highest BCUT2D eigenvalue weighted by Gasteiger charge is 2.57. The molecule has 0 aromatic heterocycles. The number of amides is 2. The van der Waals surface area contributed by atoms with Crippen LogP contribution in [0.1, 0.15) is 62.0 Å². The summed E-state index contributed by atoms with van der Waals surface area (Å²) in [5.41, 5.74) is 5.39. The molecule has 3 aromatic carbocycles. The minimum atomic E-state index is -0.899. The number of hydrogen-bond acceptors (Lipinski definition) is 9. The largest absolute Gasteiger partial charge is 0.496 e. The van der Waals surface area contributed by atoms with Crippen LogP contribution in [0.2, 0.25) is 0 Å². The Balaban J connectivity index is 1.18. The minimum Gasteiger partial charge on any atom is -0.496 e. The van der Waals surface area contributed by atoms with Crippen molar-refractivity contribution in [2.24, 2.45) is 29.1 Å². The molecule has 11 heteroatoms. The van der Waals surface area contributed by atoms with Gasteiger partial charge >= 0.3 is 0 Å². The van der Waals surface area contributed by atoms with Gasteiger partial charge in [-0.1, -0.05) is 69.3 Å². The molecule has 2 heterocycles. The summed E-state index contributed by atoms with van der Waals surface area (Å²) in [4.78, 5) is 41.5. The molecule has 5 aliphatic rings. The lowest BCUT2D eigenvalue weighted by Gasteiger charge is -2.62. The number of methoxy groups -OCH3 is 1. The first-order valence-corrected chi connectivity index (χ1v) is 20.8. The van der Waals surface area contributed by atoms with Crippen LogP contribution in [-0.2, 0) is 22.6 Å². The summed E-state index contributed by atoms with van der Waals surface area (Å²) < 4.78 is 6.15. The predicted octanol–water partition coefficient (Wildman–Crippen LogP) is 5.09.